The summed E-state index contributed by atoms with van der Waals surface area (Å²) in [6.45, 7) is 1.11. The molecule has 0 aliphatic carbocycles. The Morgan fingerprint density at radius 1 is 1.07 bits per heavy atom. The Hall–Kier alpha value is -2.44. The third-order valence-electron chi connectivity index (χ3n) is 5.69. The van der Waals surface area contributed by atoms with Gasteiger partial charge in [-0.2, -0.15) is 5.26 Å². The first-order valence-electron chi connectivity index (χ1n) is 10.5. The molecule has 1 saturated heterocycles. The summed E-state index contributed by atoms with van der Waals surface area (Å²) in [5.41, 5.74) is 3.01. The number of nitriles is 1. The van der Waals surface area contributed by atoms with E-state index in [0.717, 1.165) is 37.3 Å². The molecule has 3 rings (SSSR count). The third kappa shape index (κ3) is 6.62. The van der Waals surface area contributed by atoms with Gasteiger partial charge in [0.05, 0.1) is 11.6 Å². The second kappa shape index (κ2) is 10.8. The first-order valence-corrected chi connectivity index (χ1v) is 10.5. The smallest absolute Gasteiger partial charge is 0.137 e. The van der Waals surface area contributed by atoms with Crippen LogP contribution in [0, 0.1) is 17.2 Å². The quantitative estimate of drug-likeness (QED) is 0.639. The van der Waals surface area contributed by atoms with Gasteiger partial charge in [-0.15, -0.1) is 0 Å². The van der Waals surface area contributed by atoms with Gasteiger partial charge in [-0.05, 0) is 67.8 Å². The van der Waals surface area contributed by atoms with Crippen LogP contribution in [0.5, 0.6) is 0 Å². The van der Waals surface area contributed by atoms with Crippen molar-refractivity contribution in [1.29, 1.82) is 5.26 Å². The molecule has 0 unspecified atom stereocenters. The maximum atomic E-state index is 12.2. The van der Waals surface area contributed by atoms with Gasteiger partial charge in [-0.1, -0.05) is 48.9 Å². The lowest BCUT2D eigenvalue weighted by atomic mass is 9.85. The van der Waals surface area contributed by atoms with Crippen LogP contribution in [-0.2, 0) is 17.6 Å². The number of Topliss-reactive ketones (excluding diaryl/α,β-unsaturated/α-hetero) is 1. The molecule has 0 aromatic heterocycles. The minimum absolute atomic E-state index is 0.272. The number of hydrogen-bond donors (Lipinski definition) is 1. The highest BCUT2D eigenvalue weighted by molar-refractivity contribution is 5.80. The molecule has 3 heteroatoms. The van der Waals surface area contributed by atoms with E-state index in [0.29, 0.717) is 24.4 Å². The lowest BCUT2D eigenvalue weighted by Crippen LogP contribution is -2.38. The Labute approximate surface area is 168 Å². The molecule has 2 aromatic carbocycles. The van der Waals surface area contributed by atoms with Crippen molar-refractivity contribution in [1.82, 2.24) is 5.32 Å². The van der Waals surface area contributed by atoms with E-state index in [1.807, 2.05) is 18.2 Å². The highest BCUT2D eigenvalue weighted by Gasteiger charge is 2.21. The normalized spacial score (nSPS) is 19.1. The summed E-state index contributed by atoms with van der Waals surface area (Å²) in [6.07, 6.45) is 7.96. The molecular formula is C25H30N2O. The van der Waals surface area contributed by atoms with Gasteiger partial charge in [0.15, 0.2) is 0 Å². The molecule has 1 fully saturated rings. The molecule has 1 aliphatic heterocycles. The van der Waals surface area contributed by atoms with Gasteiger partial charge in [0.2, 0.25) is 0 Å². The van der Waals surface area contributed by atoms with E-state index in [-0.39, 0.29) is 5.78 Å². The number of hydrogen-bond acceptors (Lipinski definition) is 3. The lowest BCUT2D eigenvalue weighted by molar-refractivity contribution is -0.118. The number of benzene rings is 2. The van der Waals surface area contributed by atoms with Gasteiger partial charge in [0.25, 0.3) is 0 Å². The van der Waals surface area contributed by atoms with Crippen molar-refractivity contribution in [3.8, 4) is 6.07 Å². The number of ketones is 1. The van der Waals surface area contributed by atoms with Gasteiger partial charge in [-0.3, -0.25) is 4.79 Å². The van der Waals surface area contributed by atoms with E-state index in [9.17, 15) is 4.79 Å². The van der Waals surface area contributed by atoms with Crippen molar-refractivity contribution in [3.63, 3.8) is 0 Å². The van der Waals surface area contributed by atoms with Crippen molar-refractivity contribution >= 4 is 5.78 Å². The minimum atomic E-state index is 0.272. The Morgan fingerprint density at radius 3 is 2.71 bits per heavy atom. The first-order chi connectivity index (χ1) is 13.7. The van der Waals surface area contributed by atoms with E-state index in [1.54, 1.807) is 6.07 Å². The maximum absolute atomic E-state index is 12.2. The van der Waals surface area contributed by atoms with Crippen molar-refractivity contribution in [2.75, 3.05) is 6.54 Å². The fourth-order valence-corrected chi connectivity index (χ4v) is 4.23. The minimum Gasteiger partial charge on any atom is -0.314 e. The van der Waals surface area contributed by atoms with Gasteiger partial charge in [0, 0.05) is 18.9 Å². The molecule has 2 atom stereocenters. The maximum Gasteiger partial charge on any atom is 0.137 e. The molecule has 0 spiro atoms. The predicted octanol–water partition coefficient (Wildman–Crippen LogP) is 4.84. The van der Waals surface area contributed by atoms with Crippen LogP contribution in [0.1, 0.15) is 55.2 Å². The summed E-state index contributed by atoms with van der Waals surface area (Å²) in [5, 5.41) is 12.6. The molecule has 2 aromatic rings. The van der Waals surface area contributed by atoms with Crippen LogP contribution >= 0.6 is 0 Å². The Balaban J connectivity index is 1.34. The van der Waals surface area contributed by atoms with Crippen molar-refractivity contribution in [2.45, 2.75) is 57.4 Å². The number of nitrogens with zero attached hydrogens (tertiary/aromatic N) is 1. The van der Waals surface area contributed by atoms with Crippen LogP contribution in [0.25, 0.3) is 0 Å². The molecule has 1 aliphatic rings. The SMILES string of the molecule is N#Cc1cccc(CC(=O)CCCC[C@@H]2C[C@H](Cc3ccccc3)CCN2)c1. The summed E-state index contributed by atoms with van der Waals surface area (Å²) >= 11 is 0. The van der Waals surface area contributed by atoms with Gasteiger partial charge in [0.1, 0.15) is 5.78 Å². The second-order valence-corrected chi connectivity index (χ2v) is 8.00. The highest BCUT2D eigenvalue weighted by atomic mass is 16.1. The molecule has 3 nitrogen and oxygen atoms in total. The molecule has 1 N–H and O–H groups in total. The molecule has 0 radical (unpaired) electrons. The largest absolute Gasteiger partial charge is 0.314 e. The molecule has 1 heterocycles. The van der Waals surface area contributed by atoms with Crippen LogP contribution in [0.4, 0.5) is 0 Å². The van der Waals surface area contributed by atoms with E-state index < -0.39 is 0 Å². The summed E-state index contributed by atoms with van der Waals surface area (Å²) in [5.74, 6) is 1.04. The first kappa shape index (κ1) is 20.3. The summed E-state index contributed by atoms with van der Waals surface area (Å²) in [4.78, 5) is 12.2. The van der Waals surface area contributed by atoms with Crippen LogP contribution in [0.15, 0.2) is 54.6 Å². The summed E-state index contributed by atoms with van der Waals surface area (Å²) in [7, 11) is 0. The number of piperidine rings is 1. The molecular weight excluding hydrogens is 344 g/mol. The lowest BCUT2D eigenvalue weighted by Gasteiger charge is -2.30. The van der Waals surface area contributed by atoms with E-state index in [1.165, 1.54) is 24.8 Å². The van der Waals surface area contributed by atoms with Gasteiger partial charge >= 0.3 is 0 Å². The average Bonchev–Trinajstić information content (AvgIpc) is 2.72. The third-order valence-corrected chi connectivity index (χ3v) is 5.69. The Bertz CT molecular complexity index is 794. The molecule has 0 amide bonds. The fourth-order valence-electron chi connectivity index (χ4n) is 4.23. The zero-order valence-electron chi connectivity index (χ0n) is 16.6. The van der Waals surface area contributed by atoms with Crippen LogP contribution in [0.2, 0.25) is 0 Å². The number of nitrogens with one attached hydrogen (secondary N) is 1. The summed E-state index contributed by atoms with van der Waals surface area (Å²) in [6, 6.07) is 20.9. The zero-order valence-corrected chi connectivity index (χ0v) is 16.6. The van der Waals surface area contributed by atoms with E-state index in [4.69, 9.17) is 5.26 Å². The predicted molar refractivity (Wildman–Crippen MR) is 113 cm³/mol. The summed E-state index contributed by atoms with van der Waals surface area (Å²) < 4.78 is 0. The van der Waals surface area contributed by atoms with E-state index in [2.05, 4.69) is 41.7 Å². The van der Waals surface area contributed by atoms with Crippen LogP contribution < -0.4 is 5.32 Å². The average molecular weight is 375 g/mol. The fraction of sp³-hybridized carbons (Fsp3) is 0.440. The van der Waals surface area contributed by atoms with Crippen molar-refractivity contribution in [2.24, 2.45) is 5.92 Å². The number of unbranched alkanes of at least 4 members (excludes halogenated alkanes) is 1. The van der Waals surface area contributed by atoms with Crippen LogP contribution in [0.3, 0.4) is 0 Å². The molecule has 0 saturated carbocycles. The second-order valence-electron chi connectivity index (χ2n) is 8.00. The topological polar surface area (TPSA) is 52.9 Å². The Kier molecular flexibility index (Phi) is 7.82. The van der Waals surface area contributed by atoms with Crippen LogP contribution in [-0.4, -0.2) is 18.4 Å². The molecule has 146 valence electrons. The molecule has 0 bridgehead atoms. The van der Waals surface area contributed by atoms with Crippen molar-refractivity contribution in [3.05, 3.63) is 71.3 Å². The monoisotopic (exact) mass is 374 g/mol. The standard InChI is InChI=1S/C25H30N2O/c26-19-23-10-6-9-21(16-23)18-25(28)12-5-4-11-24-17-22(13-14-27-24)15-20-7-2-1-3-8-20/h1-3,6-10,16,22,24,27H,4-5,11-15,17-18H2/t22-,24+/m0/s1. The number of carbonyl (C=O) groups is 1. The Morgan fingerprint density at radius 2 is 1.89 bits per heavy atom. The van der Waals surface area contributed by atoms with E-state index >= 15 is 0 Å². The van der Waals surface area contributed by atoms with Gasteiger partial charge in [-0.25, -0.2) is 0 Å². The highest BCUT2D eigenvalue weighted by Crippen LogP contribution is 2.23. The van der Waals surface area contributed by atoms with Gasteiger partial charge < -0.3 is 5.32 Å². The number of carbonyl (C=O) groups excluding carboxylic acids is 1. The molecule has 28 heavy (non-hydrogen) atoms. The number of rotatable bonds is 9. The zero-order chi connectivity index (χ0) is 19.6. The van der Waals surface area contributed by atoms with Crippen molar-refractivity contribution < 1.29 is 4.79 Å².